The number of nitro benzene ring substituents is 1. The van der Waals surface area contributed by atoms with Gasteiger partial charge in [-0.1, -0.05) is 0 Å². The highest BCUT2D eigenvalue weighted by molar-refractivity contribution is 7.80. The molecule has 0 unspecified atom stereocenters. The average molecular weight is 443 g/mol. The summed E-state index contributed by atoms with van der Waals surface area (Å²) in [5.74, 6) is -0.821. The summed E-state index contributed by atoms with van der Waals surface area (Å²) in [6.07, 6.45) is -4.59. The quantitative estimate of drug-likeness (QED) is 0.279. The molecule has 0 saturated carbocycles. The Kier molecular flexibility index (Phi) is 7.53. The standard InChI is InChI=1S/C18H16F3N3O5S/c1-2-28-16(25)11-3-5-12(6-4-11)22-17(30)23-13-7-14(24(26)27)9-15(8-13)29-10-18(19,20)21/h3-9H,2,10H2,1H3,(H2,22,23,30). The summed E-state index contributed by atoms with van der Waals surface area (Å²) in [5.41, 5.74) is 0.423. The monoisotopic (exact) mass is 443 g/mol. The van der Waals surface area contributed by atoms with Crippen LogP contribution in [0.5, 0.6) is 5.75 Å². The van der Waals surface area contributed by atoms with Crippen LogP contribution in [0, 0.1) is 10.1 Å². The van der Waals surface area contributed by atoms with Crippen LogP contribution in [0.15, 0.2) is 42.5 Å². The molecule has 2 aromatic carbocycles. The molecule has 8 nitrogen and oxygen atoms in total. The van der Waals surface area contributed by atoms with Crippen molar-refractivity contribution in [3.05, 3.63) is 58.1 Å². The van der Waals surface area contributed by atoms with Crippen LogP contribution in [0.4, 0.5) is 30.2 Å². The normalized spacial score (nSPS) is 10.8. The van der Waals surface area contributed by atoms with Crippen molar-refractivity contribution in [3.8, 4) is 5.75 Å². The summed E-state index contributed by atoms with van der Waals surface area (Å²) in [5, 5.41) is 16.5. The van der Waals surface area contributed by atoms with E-state index in [4.69, 9.17) is 17.0 Å². The lowest BCUT2D eigenvalue weighted by atomic mass is 10.2. The van der Waals surface area contributed by atoms with Gasteiger partial charge in [0.15, 0.2) is 11.7 Å². The van der Waals surface area contributed by atoms with Crippen molar-refractivity contribution in [3.63, 3.8) is 0 Å². The number of esters is 1. The number of anilines is 2. The molecule has 0 fully saturated rings. The summed E-state index contributed by atoms with van der Waals surface area (Å²) in [6, 6.07) is 9.27. The molecule has 0 amide bonds. The smallest absolute Gasteiger partial charge is 0.422 e. The van der Waals surface area contributed by atoms with Crippen LogP contribution >= 0.6 is 12.2 Å². The SMILES string of the molecule is CCOC(=O)c1ccc(NC(=S)Nc2cc(OCC(F)(F)F)cc([N+](=O)[O-])c2)cc1. The van der Waals surface area contributed by atoms with Crippen LogP contribution in [0.25, 0.3) is 0 Å². The van der Waals surface area contributed by atoms with Gasteiger partial charge in [0.2, 0.25) is 0 Å². The van der Waals surface area contributed by atoms with E-state index >= 15 is 0 Å². The van der Waals surface area contributed by atoms with Gasteiger partial charge in [-0.3, -0.25) is 10.1 Å². The van der Waals surface area contributed by atoms with Crippen molar-refractivity contribution in [1.82, 2.24) is 0 Å². The predicted octanol–water partition coefficient (Wildman–Crippen LogP) is 4.52. The second-order valence-corrected chi connectivity index (χ2v) is 6.16. The van der Waals surface area contributed by atoms with E-state index in [0.717, 1.165) is 18.2 Å². The summed E-state index contributed by atoms with van der Waals surface area (Å²) in [6.45, 7) is 0.333. The minimum atomic E-state index is -4.59. The van der Waals surface area contributed by atoms with Gasteiger partial charge in [-0.15, -0.1) is 0 Å². The largest absolute Gasteiger partial charge is 0.484 e. The van der Waals surface area contributed by atoms with Crippen LogP contribution in [0.3, 0.4) is 0 Å². The first kappa shape index (κ1) is 22.9. The molecule has 0 aliphatic heterocycles. The number of rotatable bonds is 7. The minimum Gasteiger partial charge on any atom is -0.484 e. The van der Waals surface area contributed by atoms with Crippen molar-refractivity contribution < 1.29 is 32.4 Å². The molecule has 0 saturated heterocycles. The molecule has 0 aliphatic carbocycles. The summed E-state index contributed by atoms with van der Waals surface area (Å²) in [7, 11) is 0. The molecule has 2 rings (SSSR count). The van der Waals surface area contributed by atoms with Gasteiger partial charge in [-0.05, 0) is 43.4 Å². The van der Waals surface area contributed by atoms with Crippen LogP contribution in [-0.4, -0.2) is 35.4 Å². The van der Waals surface area contributed by atoms with Crippen molar-refractivity contribution in [2.24, 2.45) is 0 Å². The molecule has 0 bridgehead atoms. The van der Waals surface area contributed by atoms with Gasteiger partial charge < -0.3 is 20.1 Å². The molecule has 2 aromatic rings. The fraction of sp³-hybridized carbons (Fsp3) is 0.222. The molecule has 0 aromatic heterocycles. The van der Waals surface area contributed by atoms with Crippen molar-refractivity contribution >= 4 is 40.4 Å². The van der Waals surface area contributed by atoms with Crippen molar-refractivity contribution in [1.29, 1.82) is 0 Å². The summed E-state index contributed by atoms with van der Waals surface area (Å²) in [4.78, 5) is 21.9. The third-order valence-electron chi connectivity index (χ3n) is 3.42. The maximum atomic E-state index is 12.3. The lowest BCUT2D eigenvalue weighted by molar-refractivity contribution is -0.384. The number of thiocarbonyl (C=S) groups is 1. The molecule has 0 spiro atoms. The molecular weight excluding hydrogens is 427 g/mol. The lowest BCUT2D eigenvalue weighted by Gasteiger charge is -2.13. The lowest BCUT2D eigenvalue weighted by Crippen LogP contribution is -2.20. The molecule has 12 heteroatoms. The van der Waals surface area contributed by atoms with Gasteiger partial charge in [0.25, 0.3) is 5.69 Å². The number of halogens is 3. The second kappa shape index (κ2) is 9.87. The summed E-state index contributed by atoms with van der Waals surface area (Å²) < 4.78 is 46.5. The number of hydrogen-bond donors (Lipinski definition) is 2. The number of ether oxygens (including phenoxy) is 2. The number of nitrogens with zero attached hydrogens (tertiary/aromatic N) is 1. The third-order valence-corrected chi connectivity index (χ3v) is 3.62. The first-order valence-corrected chi connectivity index (χ1v) is 8.82. The van der Waals surface area contributed by atoms with Gasteiger partial charge in [0, 0.05) is 17.8 Å². The molecule has 160 valence electrons. The molecule has 0 radical (unpaired) electrons. The number of benzene rings is 2. The zero-order chi connectivity index (χ0) is 22.3. The zero-order valence-electron chi connectivity index (χ0n) is 15.5. The van der Waals surface area contributed by atoms with E-state index in [2.05, 4.69) is 15.4 Å². The van der Waals surface area contributed by atoms with Crippen molar-refractivity contribution in [2.45, 2.75) is 13.1 Å². The second-order valence-electron chi connectivity index (χ2n) is 5.75. The highest BCUT2D eigenvalue weighted by Gasteiger charge is 2.28. The van der Waals surface area contributed by atoms with Gasteiger partial charge in [0.05, 0.1) is 28.8 Å². The van der Waals surface area contributed by atoms with Gasteiger partial charge in [-0.2, -0.15) is 13.2 Å². The number of hydrogen-bond acceptors (Lipinski definition) is 6. The van der Waals surface area contributed by atoms with Crippen molar-refractivity contribution in [2.75, 3.05) is 23.8 Å². The van der Waals surface area contributed by atoms with E-state index < -0.39 is 29.4 Å². The van der Waals surface area contributed by atoms with Crippen LogP contribution < -0.4 is 15.4 Å². The molecule has 0 atom stereocenters. The van der Waals surface area contributed by atoms with E-state index in [1.807, 2.05) is 0 Å². The third kappa shape index (κ3) is 7.20. The first-order chi connectivity index (χ1) is 14.1. The fourth-order valence-electron chi connectivity index (χ4n) is 2.21. The number of non-ortho nitro benzene ring substituents is 1. The Labute approximate surface area is 174 Å². The Morgan fingerprint density at radius 3 is 2.33 bits per heavy atom. The minimum absolute atomic E-state index is 0.0150. The Balaban J connectivity index is 2.08. The van der Waals surface area contributed by atoms with Crippen LogP contribution in [-0.2, 0) is 4.74 Å². The van der Waals surface area contributed by atoms with E-state index in [9.17, 15) is 28.1 Å². The number of carbonyl (C=O) groups is 1. The maximum absolute atomic E-state index is 12.3. The Hall–Kier alpha value is -3.41. The molecule has 0 heterocycles. The molecule has 30 heavy (non-hydrogen) atoms. The number of carbonyl (C=O) groups excluding carboxylic acids is 1. The maximum Gasteiger partial charge on any atom is 0.422 e. The van der Waals surface area contributed by atoms with Gasteiger partial charge in [-0.25, -0.2) is 4.79 Å². The molecule has 0 aliphatic rings. The van der Waals surface area contributed by atoms with E-state index in [0.29, 0.717) is 11.3 Å². The van der Waals surface area contributed by atoms with E-state index in [-0.39, 0.29) is 23.2 Å². The number of alkyl halides is 3. The Bertz CT molecular complexity index is 936. The summed E-state index contributed by atoms with van der Waals surface area (Å²) >= 11 is 5.12. The number of nitrogens with one attached hydrogen (secondary N) is 2. The predicted molar refractivity (Wildman–Crippen MR) is 107 cm³/mol. The number of nitro groups is 1. The zero-order valence-corrected chi connectivity index (χ0v) is 16.3. The average Bonchev–Trinajstić information content (AvgIpc) is 2.66. The van der Waals surface area contributed by atoms with Crippen LogP contribution in [0.2, 0.25) is 0 Å². The highest BCUT2D eigenvalue weighted by atomic mass is 32.1. The van der Waals surface area contributed by atoms with E-state index in [1.54, 1.807) is 19.1 Å². The topological polar surface area (TPSA) is 103 Å². The van der Waals surface area contributed by atoms with Gasteiger partial charge >= 0.3 is 12.1 Å². The molecule has 2 N–H and O–H groups in total. The Morgan fingerprint density at radius 1 is 1.13 bits per heavy atom. The van der Waals surface area contributed by atoms with Crippen LogP contribution in [0.1, 0.15) is 17.3 Å². The Morgan fingerprint density at radius 2 is 1.77 bits per heavy atom. The van der Waals surface area contributed by atoms with E-state index in [1.165, 1.54) is 12.1 Å². The van der Waals surface area contributed by atoms with Gasteiger partial charge in [0.1, 0.15) is 5.75 Å². The highest BCUT2D eigenvalue weighted by Crippen LogP contribution is 2.28. The first-order valence-electron chi connectivity index (χ1n) is 8.41. The molecular formula is C18H16F3N3O5S. The fourth-order valence-corrected chi connectivity index (χ4v) is 2.44.